The Kier molecular flexibility index (Phi) is 3.50. The number of aromatic carboxylic acids is 1. The highest BCUT2D eigenvalue weighted by Crippen LogP contribution is 2.09. The van der Waals surface area contributed by atoms with Crippen molar-refractivity contribution in [2.24, 2.45) is 0 Å². The van der Waals surface area contributed by atoms with Crippen molar-refractivity contribution in [3.63, 3.8) is 0 Å². The van der Waals surface area contributed by atoms with Gasteiger partial charge in [0.05, 0.1) is 5.56 Å². The molecule has 1 aromatic rings. The molecule has 0 bridgehead atoms. The molecule has 0 fully saturated rings. The summed E-state index contributed by atoms with van der Waals surface area (Å²) in [4.78, 5) is 10.5. The van der Waals surface area contributed by atoms with Gasteiger partial charge in [-0.1, -0.05) is 25.5 Å². The van der Waals surface area contributed by atoms with Gasteiger partial charge in [0, 0.05) is 0 Å². The molecule has 0 saturated heterocycles. The van der Waals surface area contributed by atoms with Gasteiger partial charge in [0.15, 0.2) is 0 Å². The van der Waals surface area contributed by atoms with Crippen molar-refractivity contribution >= 4 is 5.97 Å². The molecule has 0 atom stereocenters. The largest absolute Gasteiger partial charge is 0.478 e. The number of carbonyl (C=O) groups is 1. The lowest BCUT2D eigenvalue weighted by Crippen LogP contribution is -1.95. The Morgan fingerprint density at radius 2 is 2.00 bits per heavy atom. The zero-order chi connectivity index (χ0) is 9.68. The number of benzene rings is 1. The van der Waals surface area contributed by atoms with Crippen LogP contribution in [-0.4, -0.2) is 11.1 Å². The summed E-state index contributed by atoms with van der Waals surface area (Å²) in [7, 11) is 0. The normalized spacial score (nSPS) is 9.92. The van der Waals surface area contributed by atoms with E-state index in [0.29, 0.717) is 5.56 Å². The van der Waals surface area contributed by atoms with E-state index >= 15 is 0 Å². The first-order valence-corrected chi connectivity index (χ1v) is 4.40. The number of rotatable bonds is 4. The molecule has 0 aromatic heterocycles. The van der Waals surface area contributed by atoms with Gasteiger partial charge in [-0.05, 0) is 30.5 Å². The molecule has 2 heteroatoms. The number of hydrogen-bond donors (Lipinski definition) is 1. The molecule has 13 heavy (non-hydrogen) atoms. The Balaban J connectivity index is 2.64. The molecule has 0 spiro atoms. The highest BCUT2D eigenvalue weighted by Gasteiger charge is 2.00. The summed E-state index contributed by atoms with van der Waals surface area (Å²) in [6.07, 6.45) is 4.25. The topological polar surface area (TPSA) is 37.3 Å². The molecule has 1 radical (unpaired) electrons. The van der Waals surface area contributed by atoms with E-state index in [1.807, 2.05) is 12.1 Å². The highest BCUT2D eigenvalue weighted by atomic mass is 16.4. The second-order valence-corrected chi connectivity index (χ2v) is 2.92. The molecule has 2 nitrogen and oxygen atoms in total. The summed E-state index contributed by atoms with van der Waals surface area (Å²) in [6, 6.07) is 6.92. The lowest BCUT2D eigenvalue weighted by Gasteiger charge is -1.99. The van der Waals surface area contributed by atoms with Crippen molar-refractivity contribution in [1.29, 1.82) is 0 Å². The van der Waals surface area contributed by atoms with Crippen LogP contribution >= 0.6 is 0 Å². The van der Waals surface area contributed by atoms with Crippen LogP contribution < -0.4 is 0 Å². The summed E-state index contributed by atoms with van der Waals surface area (Å²) in [6.45, 7) is 2.11. The van der Waals surface area contributed by atoms with Gasteiger partial charge in [0.25, 0.3) is 0 Å². The quantitative estimate of drug-likeness (QED) is 0.767. The van der Waals surface area contributed by atoms with E-state index in [9.17, 15) is 4.79 Å². The molecule has 0 heterocycles. The van der Waals surface area contributed by atoms with Crippen LogP contribution in [0.1, 0.15) is 35.7 Å². The summed E-state index contributed by atoms with van der Waals surface area (Å²) < 4.78 is 0. The number of hydrogen-bond acceptors (Lipinski definition) is 1. The van der Waals surface area contributed by atoms with Crippen LogP contribution in [0.4, 0.5) is 0 Å². The van der Waals surface area contributed by atoms with Gasteiger partial charge in [0.1, 0.15) is 0 Å². The van der Waals surface area contributed by atoms with Gasteiger partial charge in [-0.2, -0.15) is 0 Å². The molecule has 1 rings (SSSR count). The Morgan fingerprint density at radius 3 is 2.46 bits per heavy atom. The lowest BCUT2D eigenvalue weighted by atomic mass is 10.1. The van der Waals surface area contributed by atoms with Crippen LogP contribution in [0.25, 0.3) is 0 Å². The van der Waals surface area contributed by atoms with Gasteiger partial charge in [-0.15, -0.1) is 0 Å². The van der Waals surface area contributed by atoms with E-state index in [2.05, 4.69) is 13.3 Å². The van der Waals surface area contributed by atoms with Crippen molar-refractivity contribution in [3.8, 4) is 0 Å². The van der Waals surface area contributed by atoms with E-state index in [1.165, 1.54) is 0 Å². The van der Waals surface area contributed by atoms with E-state index in [4.69, 9.17) is 5.11 Å². The van der Waals surface area contributed by atoms with E-state index < -0.39 is 5.97 Å². The van der Waals surface area contributed by atoms with Gasteiger partial charge in [0.2, 0.25) is 0 Å². The maximum absolute atomic E-state index is 10.5. The molecule has 0 aliphatic heterocycles. The monoisotopic (exact) mass is 177 g/mol. The van der Waals surface area contributed by atoms with Gasteiger partial charge in [-0.3, -0.25) is 0 Å². The molecule has 0 amide bonds. The second kappa shape index (κ2) is 4.65. The van der Waals surface area contributed by atoms with Crippen molar-refractivity contribution < 1.29 is 9.90 Å². The molecule has 69 valence electrons. The van der Waals surface area contributed by atoms with Gasteiger partial charge in [-0.25, -0.2) is 4.79 Å². The first-order valence-electron chi connectivity index (χ1n) is 4.40. The van der Waals surface area contributed by atoms with Gasteiger partial charge >= 0.3 is 5.97 Å². The molecule has 1 N–H and O–H groups in total. The van der Waals surface area contributed by atoms with Crippen molar-refractivity contribution in [3.05, 3.63) is 41.8 Å². The summed E-state index contributed by atoms with van der Waals surface area (Å²) >= 11 is 0. The number of unbranched alkanes of at least 4 members (excludes halogenated alkanes) is 1. The molecule has 0 saturated carbocycles. The zero-order valence-electron chi connectivity index (χ0n) is 7.66. The fraction of sp³-hybridized carbons (Fsp3) is 0.273. The van der Waals surface area contributed by atoms with Crippen LogP contribution in [0.2, 0.25) is 0 Å². The minimum absolute atomic E-state index is 0.341. The Bertz CT molecular complexity index is 275. The maximum atomic E-state index is 10.5. The van der Waals surface area contributed by atoms with Crippen LogP contribution in [0.5, 0.6) is 0 Å². The second-order valence-electron chi connectivity index (χ2n) is 2.92. The van der Waals surface area contributed by atoms with E-state index in [1.54, 1.807) is 12.1 Å². The predicted molar refractivity (Wildman–Crippen MR) is 51.7 cm³/mol. The molecule has 0 unspecified atom stereocenters. The molecule has 0 aliphatic carbocycles. The third-order valence-corrected chi connectivity index (χ3v) is 1.83. The molecular weight excluding hydrogens is 164 g/mol. The Labute approximate surface area is 78.2 Å². The highest BCUT2D eigenvalue weighted by molar-refractivity contribution is 5.87. The lowest BCUT2D eigenvalue weighted by molar-refractivity contribution is 0.0697. The van der Waals surface area contributed by atoms with Crippen LogP contribution in [0, 0.1) is 6.42 Å². The summed E-state index contributed by atoms with van der Waals surface area (Å²) in [5, 5.41) is 8.64. The Morgan fingerprint density at radius 1 is 1.38 bits per heavy atom. The van der Waals surface area contributed by atoms with Crippen molar-refractivity contribution in [2.75, 3.05) is 0 Å². The maximum Gasteiger partial charge on any atom is 0.335 e. The fourth-order valence-corrected chi connectivity index (χ4v) is 1.07. The molecular formula is C11H13O2. The minimum Gasteiger partial charge on any atom is -0.478 e. The number of carboxylic acids is 1. The first-order chi connectivity index (χ1) is 6.24. The SMILES string of the molecule is CCC[CH]c1ccc(C(=O)O)cc1. The zero-order valence-corrected chi connectivity index (χ0v) is 7.66. The smallest absolute Gasteiger partial charge is 0.335 e. The summed E-state index contributed by atoms with van der Waals surface area (Å²) in [5.74, 6) is -0.873. The van der Waals surface area contributed by atoms with Crippen molar-refractivity contribution in [1.82, 2.24) is 0 Å². The van der Waals surface area contributed by atoms with E-state index in [0.717, 1.165) is 18.4 Å². The van der Waals surface area contributed by atoms with Crippen LogP contribution in [0.3, 0.4) is 0 Å². The number of carboxylic acid groups (broad SMARTS) is 1. The average molecular weight is 177 g/mol. The standard InChI is InChI=1S/C11H13O2/c1-2-3-4-9-5-7-10(8-6-9)11(12)13/h4-8H,2-3H2,1H3,(H,12,13). The molecule has 1 aromatic carbocycles. The van der Waals surface area contributed by atoms with Gasteiger partial charge < -0.3 is 5.11 Å². The summed E-state index contributed by atoms with van der Waals surface area (Å²) in [5.41, 5.74) is 1.43. The third-order valence-electron chi connectivity index (χ3n) is 1.83. The first kappa shape index (κ1) is 9.78. The van der Waals surface area contributed by atoms with E-state index in [-0.39, 0.29) is 0 Å². The van der Waals surface area contributed by atoms with Crippen LogP contribution in [-0.2, 0) is 0 Å². The third kappa shape index (κ3) is 2.90. The Hall–Kier alpha value is -1.31. The molecule has 0 aliphatic rings. The average Bonchev–Trinajstić information content (AvgIpc) is 2.15. The van der Waals surface area contributed by atoms with Crippen molar-refractivity contribution in [2.45, 2.75) is 19.8 Å². The van der Waals surface area contributed by atoms with Crippen LogP contribution in [0.15, 0.2) is 24.3 Å². The minimum atomic E-state index is -0.873. The predicted octanol–water partition coefficient (Wildman–Crippen LogP) is 2.74. The fourth-order valence-electron chi connectivity index (χ4n) is 1.07.